The molecule has 1 aromatic heterocycles. The number of hydrogen-bond acceptors (Lipinski definition) is 6. The van der Waals surface area contributed by atoms with Crippen molar-refractivity contribution in [1.82, 2.24) is 4.98 Å². The average Bonchev–Trinajstić information content (AvgIpc) is 2.54. The summed E-state index contributed by atoms with van der Waals surface area (Å²) in [6.07, 6.45) is -0.150. The molecule has 1 heterocycles. The molecule has 0 fully saturated rings. The number of aryl methyl sites for hydroxylation is 1. The molecule has 16 heavy (non-hydrogen) atoms. The standard InChI is InChI=1S/C10H18N2O2S2/c1-4-13-8(14-5-2)6-15-9-7(3)12-10(11)16-9/h8H,4-6H2,1-3H3,(H2,11,12). The molecule has 0 aliphatic heterocycles. The molecule has 2 N–H and O–H groups in total. The molecule has 6 heteroatoms. The van der Waals surface area contributed by atoms with Crippen molar-refractivity contribution < 1.29 is 9.47 Å². The second-order valence-electron chi connectivity index (χ2n) is 3.08. The molecule has 4 nitrogen and oxygen atoms in total. The van der Waals surface area contributed by atoms with Crippen LogP contribution in [0.5, 0.6) is 0 Å². The number of nitrogens with zero attached hydrogens (tertiary/aromatic N) is 1. The number of thioether (sulfide) groups is 1. The highest BCUT2D eigenvalue weighted by Gasteiger charge is 2.12. The first-order valence-corrected chi connectivity index (χ1v) is 7.06. The van der Waals surface area contributed by atoms with Crippen molar-refractivity contribution >= 4 is 28.2 Å². The molecule has 0 saturated heterocycles. The monoisotopic (exact) mass is 262 g/mol. The quantitative estimate of drug-likeness (QED) is 0.604. The highest BCUT2D eigenvalue weighted by molar-refractivity contribution is 8.01. The summed E-state index contributed by atoms with van der Waals surface area (Å²) < 4.78 is 12.1. The Bertz CT molecular complexity index is 312. The summed E-state index contributed by atoms with van der Waals surface area (Å²) in [6, 6.07) is 0. The predicted molar refractivity (Wildman–Crippen MR) is 69.0 cm³/mol. The predicted octanol–water partition coefficient (Wildman–Crippen LogP) is 2.52. The summed E-state index contributed by atoms with van der Waals surface area (Å²) in [5, 5.41) is 0.615. The molecule has 0 aliphatic carbocycles. The summed E-state index contributed by atoms with van der Waals surface area (Å²) in [6.45, 7) is 7.22. The van der Waals surface area contributed by atoms with Gasteiger partial charge in [0.05, 0.1) is 15.7 Å². The topological polar surface area (TPSA) is 57.4 Å². The van der Waals surface area contributed by atoms with E-state index < -0.39 is 0 Å². The first kappa shape index (κ1) is 13.8. The van der Waals surface area contributed by atoms with Gasteiger partial charge in [0.2, 0.25) is 0 Å². The highest BCUT2D eigenvalue weighted by atomic mass is 32.2. The van der Waals surface area contributed by atoms with Gasteiger partial charge in [0.15, 0.2) is 11.4 Å². The maximum atomic E-state index is 5.63. The molecule has 0 radical (unpaired) electrons. The smallest absolute Gasteiger partial charge is 0.181 e. The Morgan fingerprint density at radius 3 is 2.44 bits per heavy atom. The highest BCUT2D eigenvalue weighted by Crippen LogP contribution is 2.31. The zero-order valence-electron chi connectivity index (χ0n) is 9.86. The fourth-order valence-corrected chi connectivity index (χ4v) is 3.19. The number of aromatic nitrogens is 1. The van der Waals surface area contributed by atoms with Crippen molar-refractivity contribution in [3.8, 4) is 0 Å². The van der Waals surface area contributed by atoms with Crippen LogP contribution in [0.2, 0.25) is 0 Å². The van der Waals surface area contributed by atoms with Gasteiger partial charge in [0.25, 0.3) is 0 Å². The molecule has 1 rings (SSSR count). The molecule has 92 valence electrons. The number of nitrogen functional groups attached to an aromatic ring is 1. The number of ether oxygens (including phenoxy) is 2. The van der Waals surface area contributed by atoms with Gasteiger partial charge in [-0.3, -0.25) is 0 Å². The van der Waals surface area contributed by atoms with Crippen molar-refractivity contribution in [2.45, 2.75) is 31.3 Å². The summed E-state index contributed by atoms with van der Waals surface area (Å²) in [7, 11) is 0. The van der Waals surface area contributed by atoms with Crippen LogP contribution in [0.1, 0.15) is 19.5 Å². The lowest BCUT2D eigenvalue weighted by molar-refractivity contribution is -0.120. The Labute approximate surface area is 105 Å². The first-order valence-electron chi connectivity index (χ1n) is 5.26. The van der Waals surface area contributed by atoms with Gasteiger partial charge in [0, 0.05) is 13.2 Å². The van der Waals surface area contributed by atoms with E-state index in [9.17, 15) is 0 Å². The van der Waals surface area contributed by atoms with E-state index in [0.29, 0.717) is 18.3 Å². The molecule has 0 spiro atoms. The second-order valence-corrected chi connectivity index (χ2v) is 5.40. The SMILES string of the molecule is CCOC(CSc1sc(N)nc1C)OCC. The third-order valence-electron chi connectivity index (χ3n) is 1.83. The van der Waals surface area contributed by atoms with E-state index in [4.69, 9.17) is 15.2 Å². The lowest BCUT2D eigenvalue weighted by Gasteiger charge is -2.15. The number of hydrogen-bond donors (Lipinski definition) is 1. The molecule has 1 aromatic rings. The maximum Gasteiger partial charge on any atom is 0.181 e. The minimum absolute atomic E-state index is 0.150. The van der Waals surface area contributed by atoms with Crippen LogP contribution in [-0.4, -0.2) is 30.2 Å². The number of anilines is 1. The molecular formula is C10H18N2O2S2. The van der Waals surface area contributed by atoms with Gasteiger partial charge >= 0.3 is 0 Å². The maximum absolute atomic E-state index is 5.63. The normalized spacial score (nSPS) is 11.2. The van der Waals surface area contributed by atoms with Crippen LogP contribution in [0.25, 0.3) is 0 Å². The third kappa shape index (κ3) is 4.29. The summed E-state index contributed by atoms with van der Waals surface area (Å²) in [4.78, 5) is 4.17. The van der Waals surface area contributed by atoms with E-state index in [-0.39, 0.29) is 6.29 Å². The van der Waals surface area contributed by atoms with Crippen LogP contribution < -0.4 is 5.73 Å². The largest absolute Gasteiger partial charge is 0.375 e. The Kier molecular flexibility index (Phi) is 6.12. The van der Waals surface area contributed by atoms with E-state index >= 15 is 0 Å². The Balaban J connectivity index is 2.44. The fourth-order valence-electron chi connectivity index (χ4n) is 1.20. The van der Waals surface area contributed by atoms with Gasteiger partial charge in [-0.25, -0.2) is 4.98 Å². The summed E-state index contributed by atoms with van der Waals surface area (Å²) in [5.74, 6) is 0.768. The Morgan fingerprint density at radius 2 is 2.00 bits per heavy atom. The van der Waals surface area contributed by atoms with E-state index in [1.165, 1.54) is 11.3 Å². The summed E-state index contributed by atoms with van der Waals surface area (Å²) >= 11 is 3.19. The van der Waals surface area contributed by atoms with Crippen molar-refractivity contribution in [3.63, 3.8) is 0 Å². The van der Waals surface area contributed by atoms with Crippen molar-refractivity contribution in [2.75, 3.05) is 24.7 Å². The van der Waals surface area contributed by atoms with Crippen LogP contribution >= 0.6 is 23.1 Å². The molecule has 0 aliphatic rings. The molecular weight excluding hydrogens is 244 g/mol. The number of thiazole rings is 1. The third-order valence-corrected chi connectivity index (χ3v) is 4.21. The van der Waals surface area contributed by atoms with Crippen LogP contribution in [0.4, 0.5) is 5.13 Å². The molecule has 0 atom stereocenters. The van der Waals surface area contributed by atoms with Crippen molar-refractivity contribution in [1.29, 1.82) is 0 Å². The van der Waals surface area contributed by atoms with Gasteiger partial charge in [-0.1, -0.05) is 11.3 Å². The second kappa shape index (κ2) is 7.11. The van der Waals surface area contributed by atoms with Gasteiger partial charge < -0.3 is 15.2 Å². The van der Waals surface area contributed by atoms with Gasteiger partial charge in [-0.2, -0.15) is 0 Å². The van der Waals surface area contributed by atoms with Gasteiger partial charge in [-0.15, -0.1) is 11.8 Å². The van der Waals surface area contributed by atoms with Crippen LogP contribution in [-0.2, 0) is 9.47 Å². The molecule has 0 bridgehead atoms. The Morgan fingerprint density at radius 1 is 1.38 bits per heavy atom. The van der Waals surface area contributed by atoms with Crippen LogP contribution in [0, 0.1) is 6.92 Å². The average molecular weight is 262 g/mol. The zero-order chi connectivity index (χ0) is 12.0. The van der Waals surface area contributed by atoms with Crippen molar-refractivity contribution in [3.05, 3.63) is 5.69 Å². The van der Waals surface area contributed by atoms with Crippen LogP contribution in [0.15, 0.2) is 4.21 Å². The molecule has 0 unspecified atom stereocenters. The molecule has 0 aromatic carbocycles. The lowest BCUT2D eigenvalue weighted by Crippen LogP contribution is -2.19. The number of nitrogens with two attached hydrogens (primary N) is 1. The minimum Gasteiger partial charge on any atom is -0.375 e. The van der Waals surface area contributed by atoms with Gasteiger partial charge in [0.1, 0.15) is 0 Å². The summed E-state index contributed by atoms with van der Waals surface area (Å²) in [5.41, 5.74) is 6.62. The molecule has 0 amide bonds. The van der Waals surface area contributed by atoms with Crippen molar-refractivity contribution in [2.24, 2.45) is 0 Å². The van der Waals surface area contributed by atoms with Gasteiger partial charge in [-0.05, 0) is 20.8 Å². The van der Waals surface area contributed by atoms with E-state index in [1.807, 2.05) is 20.8 Å². The molecule has 0 saturated carbocycles. The van der Waals surface area contributed by atoms with Crippen LogP contribution in [0.3, 0.4) is 0 Å². The Hall–Kier alpha value is -0.300. The minimum atomic E-state index is -0.150. The zero-order valence-corrected chi connectivity index (χ0v) is 11.5. The lowest BCUT2D eigenvalue weighted by atomic mass is 10.6. The van der Waals surface area contributed by atoms with E-state index in [0.717, 1.165) is 15.7 Å². The van der Waals surface area contributed by atoms with E-state index in [1.54, 1.807) is 11.8 Å². The fraction of sp³-hybridized carbons (Fsp3) is 0.700. The van der Waals surface area contributed by atoms with E-state index in [2.05, 4.69) is 4.98 Å². The number of rotatable bonds is 7. The first-order chi connectivity index (χ1) is 7.67.